The third-order valence-electron chi connectivity index (χ3n) is 2.29. The van der Waals surface area contributed by atoms with E-state index in [0.717, 1.165) is 16.4 Å². The van der Waals surface area contributed by atoms with Gasteiger partial charge in [-0.1, -0.05) is 0 Å². The number of H-pyrrole nitrogens is 2. The number of aromatic amines is 2. The van der Waals surface area contributed by atoms with Crippen molar-refractivity contribution < 1.29 is 0 Å². The lowest BCUT2D eigenvalue weighted by molar-refractivity contribution is 1.13. The van der Waals surface area contributed by atoms with E-state index in [1.165, 1.54) is 6.33 Å². The van der Waals surface area contributed by atoms with Crippen molar-refractivity contribution in [1.82, 2.24) is 19.9 Å². The van der Waals surface area contributed by atoms with Crippen LogP contribution in [0.2, 0.25) is 0 Å². The number of anilines is 1. The number of benzene rings is 1. The average molecular weight is 201 g/mol. The Morgan fingerprint density at radius 1 is 1.13 bits per heavy atom. The Labute approximate surface area is 83.2 Å². The number of hydrogen-bond acceptors (Lipinski definition) is 4. The molecule has 1 aromatic carbocycles. The number of aromatic nitrogens is 4. The largest absolute Gasteiger partial charge is 0.385 e. The fourth-order valence-corrected chi connectivity index (χ4v) is 1.61. The summed E-state index contributed by atoms with van der Waals surface area (Å²) in [5.41, 5.74) is 7.51. The molecule has 0 saturated heterocycles. The molecular formula is C9H7N5O. The van der Waals surface area contributed by atoms with Crippen LogP contribution in [-0.4, -0.2) is 19.9 Å². The predicted molar refractivity (Wildman–Crippen MR) is 56.4 cm³/mol. The molecule has 0 spiro atoms. The first-order chi connectivity index (χ1) is 7.24. The Kier molecular flexibility index (Phi) is 1.37. The number of nitrogens with two attached hydrogens (primary N) is 1. The molecular weight excluding hydrogens is 194 g/mol. The van der Waals surface area contributed by atoms with E-state index in [0.29, 0.717) is 11.3 Å². The molecule has 0 aliphatic heterocycles. The molecule has 6 nitrogen and oxygen atoms in total. The number of nitrogens with one attached hydrogen (secondary N) is 2. The quantitative estimate of drug-likeness (QED) is 0.489. The molecule has 15 heavy (non-hydrogen) atoms. The normalized spacial score (nSPS) is 11.2. The molecule has 0 bridgehead atoms. The van der Waals surface area contributed by atoms with Gasteiger partial charge in [-0.3, -0.25) is 4.98 Å². The average Bonchev–Trinajstić information content (AvgIpc) is 2.61. The van der Waals surface area contributed by atoms with Gasteiger partial charge in [0.05, 0.1) is 16.6 Å². The van der Waals surface area contributed by atoms with E-state index >= 15 is 0 Å². The van der Waals surface area contributed by atoms with Crippen molar-refractivity contribution >= 4 is 27.8 Å². The molecule has 6 heteroatoms. The highest BCUT2D eigenvalue weighted by atomic mass is 16.1. The SMILES string of the molecule is Nc1[nH]c(=O)[nH]c2cc3ncnc3cc12. The van der Waals surface area contributed by atoms with Crippen molar-refractivity contribution in [2.24, 2.45) is 0 Å². The molecule has 0 amide bonds. The zero-order chi connectivity index (χ0) is 10.4. The molecule has 2 heterocycles. The van der Waals surface area contributed by atoms with E-state index in [4.69, 9.17) is 5.73 Å². The molecule has 0 fully saturated rings. The van der Waals surface area contributed by atoms with Crippen LogP contribution < -0.4 is 11.4 Å². The summed E-state index contributed by atoms with van der Waals surface area (Å²) in [5, 5.41) is 0.739. The number of nitrogens with zero attached hydrogens (tertiary/aromatic N) is 2. The van der Waals surface area contributed by atoms with Gasteiger partial charge in [-0.2, -0.15) is 0 Å². The summed E-state index contributed by atoms with van der Waals surface area (Å²) in [6.45, 7) is 0. The summed E-state index contributed by atoms with van der Waals surface area (Å²) < 4.78 is 0. The van der Waals surface area contributed by atoms with Crippen LogP contribution in [0, 0.1) is 0 Å². The van der Waals surface area contributed by atoms with Gasteiger partial charge in [0.2, 0.25) is 0 Å². The third kappa shape index (κ3) is 1.08. The summed E-state index contributed by atoms with van der Waals surface area (Å²) in [6.07, 6.45) is 1.47. The van der Waals surface area contributed by atoms with Gasteiger partial charge in [-0.15, -0.1) is 0 Å². The highest BCUT2D eigenvalue weighted by Crippen LogP contribution is 2.20. The summed E-state index contributed by atoms with van der Waals surface area (Å²) in [6, 6.07) is 3.54. The minimum absolute atomic E-state index is 0.332. The molecule has 0 saturated carbocycles. The predicted octanol–water partition coefficient (Wildman–Crippen LogP) is 0.382. The Balaban J connectivity index is 2.59. The van der Waals surface area contributed by atoms with Crippen molar-refractivity contribution in [3.05, 3.63) is 28.9 Å². The molecule has 0 radical (unpaired) electrons. The van der Waals surface area contributed by atoms with E-state index < -0.39 is 0 Å². The molecule has 0 atom stereocenters. The standard InChI is InChI=1S/C9H7N5O/c10-8-4-1-6-7(12-3-11-6)2-5(4)13-9(15)14-8/h1-3H,10H2,(H2,13,14,15). The van der Waals surface area contributed by atoms with E-state index in [1.807, 2.05) is 0 Å². The van der Waals surface area contributed by atoms with Crippen LogP contribution in [-0.2, 0) is 0 Å². The Morgan fingerprint density at radius 2 is 1.87 bits per heavy atom. The number of nitrogen functional groups attached to an aromatic ring is 1. The van der Waals surface area contributed by atoms with Crippen LogP contribution in [0.4, 0.5) is 5.82 Å². The van der Waals surface area contributed by atoms with Crippen molar-refractivity contribution in [1.29, 1.82) is 0 Å². The molecule has 0 aliphatic rings. The van der Waals surface area contributed by atoms with Crippen LogP contribution in [0.5, 0.6) is 0 Å². The highest BCUT2D eigenvalue weighted by molar-refractivity contribution is 5.97. The fourth-order valence-electron chi connectivity index (χ4n) is 1.61. The van der Waals surface area contributed by atoms with E-state index in [9.17, 15) is 4.79 Å². The van der Waals surface area contributed by atoms with Crippen molar-refractivity contribution in [2.45, 2.75) is 0 Å². The van der Waals surface area contributed by atoms with E-state index in [2.05, 4.69) is 19.9 Å². The lowest BCUT2D eigenvalue weighted by Crippen LogP contribution is -2.12. The van der Waals surface area contributed by atoms with Gasteiger partial charge in [0.1, 0.15) is 12.1 Å². The van der Waals surface area contributed by atoms with E-state index in [-0.39, 0.29) is 5.69 Å². The van der Waals surface area contributed by atoms with Gasteiger partial charge in [0.15, 0.2) is 0 Å². The number of fused-ring (bicyclic) bond motifs is 2. The molecule has 3 aromatic rings. The first kappa shape index (κ1) is 7.98. The highest BCUT2D eigenvalue weighted by Gasteiger charge is 2.04. The van der Waals surface area contributed by atoms with Gasteiger partial charge in [0.25, 0.3) is 0 Å². The second-order valence-corrected chi connectivity index (χ2v) is 3.25. The smallest absolute Gasteiger partial charge is 0.324 e. The Bertz CT molecular complexity index is 711. The number of rotatable bonds is 0. The van der Waals surface area contributed by atoms with Gasteiger partial charge in [-0.25, -0.2) is 14.8 Å². The summed E-state index contributed by atoms with van der Waals surface area (Å²) in [7, 11) is 0. The van der Waals surface area contributed by atoms with E-state index in [1.54, 1.807) is 12.1 Å². The Hall–Kier alpha value is -2.37. The third-order valence-corrected chi connectivity index (χ3v) is 2.29. The Morgan fingerprint density at radius 3 is 2.67 bits per heavy atom. The molecule has 74 valence electrons. The molecule has 4 N–H and O–H groups in total. The minimum Gasteiger partial charge on any atom is -0.385 e. The van der Waals surface area contributed by atoms with Gasteiger partial charge in [0, 0.05) is 5.39 Å². The fraction of sp³-hybridized carbons (Fsp3) is 0. The minimum atomic E-state index is -0.334. The first-order valence-corrected chi connectivity index (χ1v) is 4.36. The maximum absolute atomic E-state index is 11.2. The zero-order valence-electron chi connectivity index (χ0n) is 7.61. The molecule has 3 rings (SSSR count). The van der Waals surface area contributed by atoms with Gasteiger partial charge < -0.3 is 10.7 Å². The second kappa shape index (κ2) is 2.57. The van der Waals surface area contributed by atoms with Gasteiger partial charge >= 0.3 is 5.69 Å². The van der Waals surface area contributed by atoms with Crippen molar-refractivity contribution in [2.75, 3.05) is 5.73 Å². The van der Waals surface area contributed by atoms with Crippen LogP contribution in [0.1, 0.15) is 0 Å². The first-order valence-electron chi connectivity index (χ1n) is 4.36. The molecule has 0 unspecified atom stereocenters. The topological polar surface area (TPSA) is 100 Å². The number of hydrogen-bond donors (Lipinski definition) is 3. The van der Waals surface area contributed by atoms with Crippen LogP contribution in [0.15, 0.2) is 23.3 Å². The van der Waals surface area contributed by atoms with Crippen molar-refractivity contribution in [3.63, 3.8) is 0 Å². The monoisotopic (exact) mass is 201 g/mol. The molecule has 0 aliphatic carbocycles. The van der Waals surface area contributed by atoms with Crippen LogP contribution in [0.25, 0.3) is 21.9 Å². The zero-order valence-corrected chi connectivity index (χ0v) is 7.61. The second-order valence-electron chi connectivity index (χ2n) is 3.25. The molecule has 2 aromatic heterocycles. The van der Waals surface area contributed by atoms with Crippen LogP contribution in [0.3, 0.4) is 0 Å². The maximum atomic E-state index is 11.2. The number of imidazole rings is 1. The lowest BCUT2D eigenvalue weighted by atomic mass is 10.2. The maximum Gasteiger partial charge on any atom is 0.324 e. The van der Waals surface area contributed by atoms with Crippen molar-refractivity contribution in [3.8, 4) is 0 Å². The summed E-state index contributed by atoms with van der Waals surface area (Å²) in [5.74, 6) is 0.332. The summed E-state index contributed by atoms with van der Waals surface area (Å²) in [4.78, 5) is 24.4. The lowest BCUT2D eigenvalue weighted by Gasteiger charge is -2.00. The van der Waals surface area contributed by atoms with Gasteiger partial charge in [-0.05, 0) is 12.1 Å². The summed E-state index contributed by atoms with van der Waals surface area (Å²) >= 11 is 0. The van der Waals surface area contributed by atoms with Crippen LogP contribution >= 0.6 is 0 Å².